The van der Waals surface area contributed by atoms with Crippen LogP contribution >= 0.6 is 0 Å². The zero-order chi connectivity index (χ0) is 19.0. The first-order valence-electron chi connectivity index (χ1n) is 8.60. The first kappa shape index (κ1) is 19.8. The van der Waals surface area contributed by atoms with Crippen molar-refractivity contribution in [1.82, 2.24) is 10.6 Å². The molecule has 142 valence electrons. The lowest BCUT2D eigenvalue weighted by molar-refractivity contribution is 0.0428. The average Bonchev–Trinajstić information content (AvgIpc) is 3.04. The van der Waals surface area contributed by atoms with Crippen LogP contribution in [0.3, 0.4) is 0 Å². The Hall–Kier alpha value is -2.54. The largest absolute Gasteiger partial charge is 0.492 e. The number of rotatable bonds is 8. The fourth-order valence-corrected chi connectivity index (χ4v) is 2.27. The number of aryl methyl sites for hydroxylation is 1. The highest BCUT2D eigenvalue weighted by atomic mass is 19.1. The van der Waals surface area contributed by atoms with Gasteiger partial charge in [-0.05, 0) is 45.0 Å². The van der Waals surface area contributed by atoms with Gasteiger partial charge in [-0.25, -0.2) is 9.38 Å². The van der Waals surface area contributed by atoms with Gasteiger partial charge in [0.15, 0.2) is 5.96 Å². The number of halogens is 1. The second-order valence-electron chi connectivity index (χ2n) is 6.11. The van der Waals surface area contributed by atoms with E-state index in [0.717, 1.165) is 5.76 Å². The number of guanidine groups is 1. The molecule has 0 spiro atoms. The Morgan fingerprint density at radius 1 is 1.31 bits per heavy atom. The molecular formula is C19H26FN3O3. The Kier molecular flexibility index (Phi) is 7.03. The van der Waals surface area contributed by atoms with Crippen LogP contribution in [0.4, 0.5) is 4.39 Å². The van der Waals surface area contributed by atoms with Gasteiger partial charge in [0.1, 0.15) is 35.3 Å². The van der Waals surface area contributed by atoms with Crippen LogP contribution in [0.1, 0.15) is 25.4 Å². The topological polar surface area (TPSA) is 79.0 Å². The molecule has 2 rings (SSSR count). The minimum Gasteiger partial charge on any atom is -0.492 e. The van der Waals surface area contributed by atoms with Crippen molar-refractivity contribution in [3.05, 3.63) is 53.7 Å². The van der Waals surface area contributed by atoms with Crippen LogP contribution in [0.15, 0.2) is 45.8 Å². The van der Waals surface area contributed by atoms with Gasteiger partial charge in [0.25, 0.3) is 0 Å². The van der Waals surface area contributed by atoms with Gasteiger partial charge in [0.2, 0.25) is 0 Å². The third kappa shape index (κ3) is 6.07. The van der Waals surface area contributed by atoms with Gasteiger partial charge in [-0.3, -0.25) is 0 Å². The molecule has 1 heterocycles. The molecule has 1 atom stereocenters. The Morgan fingerprint density at radius 3 is 2.77 bits per heavy atom. The maximum absolute atomic E-state index is 13.1. The van der Waals surface area contributed by atoms with Gasteiger partial charge in [-0.1, -0.05) is 6.07 Å². The first-order chi connectivity index (χ1) is 12.4. The second kappa shape index (κ2) is 9.24. The number of nitrogens with one attached hydrogen (secondary N) is 2. The molecule has 0 bridgehead atoms. The first-order valence-corrected chi connectivity index (χ1v) is 8.60. The summed E-state index contributed by atoms with van der Waals surface area (Å²) >= 11 is 0. The van der Waals surface area contributed by atoms with E-state index in [-0.39, 0.29) is 12.4 Å². The van der Waals surface area contributed by atoms with Gasteiger partial charge in [0, 0.05) is 12.6 Å². The van der Waals surface area contributed by atoms with E-state index in [4.69, 9.17) is 9.15 Å². The van der Waals surface area contributed by atoms with Crippen LogP contribution in [0.25, 0.3) is 0 Å². The van der Waals surface area contributed by atoms with E-state index in [9.17, 15) is 9.50 Å². The molecule has 1 aromatic heterocycles. The molecule has 6 nitrogen and oxygen atoms in total. The van der Waals surface area contributed by atoms with Crippen molar-refractivity contribution >= 4 is 5.96 Å². The molecule has 0 fully saturated rings. The van der Waals surface area contributed by atoms with Crippen molar-refractivity contribution in [2.24, 2.45) is 4.99 Å². The van der Waals surface area contributed by atoms with Gasteiger partial charge < -0.3 is 24.9 Å². The quantitative estimate of drug-likeness (QED) is 0.382. The third-order valence-corrected chi connectivity index (χ3v) is 3.62. The predicted octanol–water partition coefficient (Wildman–Crippen LogP) is 2.57. The van der Waals surface area contributed by atoms with Crippen molar-refractivity contribution in [1.29, 1.82) is 0 Å². The molecule has 0 saturated heterocycles. The molecule has 1 unspecified atom stereocenters. The van der Waals surface area contributed by atoms with Gasteiger partial charge in [-0.2, -0.15) is 0 Å². The summed E-state index contributed by atoms with van der Waals surface area (Å²) in [6.45, 7) is 7.08. The van der Waals surface area contributed by atoms with E-state index in [0.29, 0.717) is 37.2 Å². The maximum Gasteiger partial charge on any atom is 0.191 e. The molecule has 2 aromatic rings. The number of hydrogen-bond donors (Lipinski definition) is 3. The smallest absolute Gasteiger partial charge is 0.191 e. The molecule has 0 amide bonds. The van der Waals surface area contributed by atoms with Crippen LogP contribution < -0.4 is 15.4 Å². The number of ether oxygens (including phenoxy) is 1. The van der Waals surface area contributed by atoms with Crippen molar-refractivity contribution in [3.8, 4) is 5.75 Å². The van der Waals surface area contributed by atoms with Crippen LogP contribution in [0, 0.1) is 12.7 Å². The molecule has 0 saturated carbocycles. The zero-order valence-corrected chi connectivity index (χ0v) is 15.4. The lowest BCUT2D eigenvalue weighted by atomic mass is 10.0. The summed E-state index contributed by atoms with van der Waals surface area (Å²) < 4.78 is 24.1. The molecule has 0 radical (unpaired) electrons. The van der Waals surface area contributed by atoms with E-state index in [1.54, 1.807) is 31.2 Å². The molecular weight excluding hydrogens is 337 g/mol. The van der Waals surface area contributed by atoms with Crippen molar-refractivity contribution in [2.45, 2.75) is 26.4 Å². The van der Waals surface area contributed by atoms with Gasteiger partial charge in [0.05, 0.1) is 13.1 Å². The normalized spacial score (nSPS) is 14.0. The Labute approximate surface area is 153 Å². The Balaban J connectivity index is 1.86. The van der Waals surface area contributed by atoms with Crippen molar-refractivity contribution in [2.75, 3.05) is 26.2 Å². The summed E-state index contributed by atoms with van der Waals surface area (Å²) in [5.74, 6) is 1.91. The Bertz CT molecular complexity index is 728. The molecule has 0 aliphatic heterocycles. The standard InChI is InChI=1S/C19H26FN3O3/c1-4-21-18(22-10-11-25-16-7-5-6-15(20)12-16)23-13-19(3,24)17-9-8-14(2)26-17/h5-9,12,24H,4,10-11,13H2,1-3H3,(H2,21,22,23). The van der Waals surface area contributed by atoms with E-state index < -0.39 is 5.60 Å². The van der Waals surface area contributed by atoms with E-state index in [1.165, 1.54) is 12.1 Å². The van der Waals surface area contributed by atoms with Gasteiger partial charge >= 0.3 is 0 Å². The fourth-order valence-electron chi connectivity index (χ4n) is 2.27. The highest BCUT2D eigenvalue weighted by Crippen LogP contribution is 2.23. The number of nitrogens with zero attached hydrogens (tertiary/aromatic N) is 1. The van der Waals surface area contributed by atoms with Crippen LogP contribution in [0.5, 0.6) is 5.75 Å². The van der Waals surface area contributed by atoms with E-state index in [2.05, 4.69) is 15.6 Å². The lowest BCUT2D eigenvalue weighted by Gasteiger charge is -2.19. The SMILES string of the molecule is CCNC(=NCC(C)(O)c1ccc(C)o1)NCCOc1cccc(F)c1. The number of benzene rings is 1. The van der Waals surface area contributed by atoms with Crippen molar-refractivity contribution < 1.29 is 18.7 Å². The summed E-state index contributed by atoms with van der Waals surface area (Å²) in [5.41, 5.74) is -1.20. The summed E-state index contributed by atoms with van der Waals surface area (Å²) in [5, 5.41) is 16.8. The molecule has 7 heteroatoms. The van der Waals surface area contributed by atoms with E-state index >= 15 is 0 Å². The lowest BCUT2D eigenvalue weighted by Crippen LogP contribution is -2.40. The van der Waals surface area contributed by atoms with Crippen LogP contribution in [0.2, 0.25) is 0 Å². The fraction of sp³-hybridized carbons (Fsp3) is 0.421. The Morgan fingerprint density at radius 2 is 2.12 bits per heavy atom. The minimum absolute atomic E-state index is 0.139. The number of hydrogen-bond acceptors (Lipinski definition) is 4. The summed E-state index contributed by atoms with van der Waals surface area (Å²) in [6, 6.07) is 9.56. The molecule has 1 aromatic carbocycles. The zero-order valence-electron chi connectivity index (χ0n) is 15.4. The predicted molar refractivity (Wildman–Crippen MR) is 98.9 cm³/mol. The van der Waals surface area contributed by atoms with Crippen LogP contribution in [-0.4, -0.2) is 37.3 Å². The summed E-state index contributed by atoms with van der Waals surface area (Å²) in [6.07, 6.45) is 0. The highest BCUT2D eigenvalue weighted by Gasteiger charge is 2.26. The molecule has 26 heavy (non-hydrogen) atoms. The highest BCUT2D eigenvalue weighted by molar-refractivity contribution is 5.79. The maximum atomic E-state index is 13.1. The summed E-state index contributed by atoms with van der Waals surface area (Å²) in [7, 11) is 0. The summed E-state index contributed by atoms with van der Waals surface area (Å²) in [4.78, 5) is 4.40. The molecule has 3 N–H and O–H groups in total. The monoisotopic (exact) mass is 363 g/mol. The molecule has 0 aliphatic carbocycles. The molecule has 0 aliphatic rings. The van der Waals surface area contributed by atoms with E-state index in [1.807, 2.05) is 13.8 Å². The number of furan rings is 1. The number of aliphatic imine (C=N–C) groups is 1. The van der Waals surface area contributed by atoms with Gasteiger partial charge in [-0.15, -0.1) is 0 Å². The van der Waals surface area contributed by atoms with Crippen molar-refractivity contribution in [3.63, 3.8) is 0 Å². The average molecular weight is 363 g/mol. The van der Waals surface area contributed by atoms with Crippen LogP contribution in [-0.2, 0) is 5.60 Å². The third-order valence-electron chi connectivity index (χ3n) is 3.62. The number of aliphatic hydroxyl groups is 1. The second-order valence-corrected chi connectivity index (χ2v) is 6.11. The minimum atomic E-state index is -1.20.